The number of anilines is 1. The van der Waals surface area contributed by atoms with Crippen LogP contribution in [0, 0.1) is 0 Å². The van der Waals surface area contributed by atoms with E-state index >= 15 is 0 Å². The second-order valence-electron chi connectivity index (χ2n) is 8.17. The van der Waals surface area contributed by atoms with Gasteiger partial charge < -0.3 is 4.74 Å². The van der Waals surface area contributed by atoms with E-state index in [1.165, 1.54) is 29.5 Å². The molecule has 0 unspecified atom stereocenters. The Balaban J connectivity index is 1.21. The smallest absolute Gasteiger partial charge is 0.413 e. The van der Waals surface area contributed by atoms with E-state index in [0.717, 1.165) is 17.2 Å². The highest BCUT2D eigenvalue weighted by molar-refractivity contribution is 5.83. The van der Waals surface area contributed by atoms with E-state index < -0.39 is 6.09 Å². The Morgan fingerprint density at radius 3 is 2.25 bits per heavy atom. The maximum atomic E-state index is 12.2. The van der Waals surface area contributed by atoms with Crippen LogP contribution >= 0.6 is 0 Å². The minimum atomic E-state index is -0.531. The van der Waals surface area contributed by atoms with Crippen molar-refractivity contribution in [3.8, 4) is 16.8 Å². The van der Waals surface area contributed by atoms with Crippen LogP contribution < -0.4 is 5.32 Å². The third-order valence-electron chi connectivity index (χ3n) is 5.80. The number of hydrogen-bond acceptors (Lipinski definition) is 3. The summed E-state index contributed by atoms with van der Waals surface area (Å²) in [7, 11) is 0. The van der Waals surface area contributed by atoms with E-state index in [4.69, 9.17) is 4.74 Å². The standard InChI is InChI=1S/C27H25N3O2/c1-19(20-5-3-2-4-6-20)32-27(31)28-26-17-18-30(29-26)25-15-13-24(14-16-25)23-11-9-22(10-12-23)21-7-8-21/h2-6,9-19,21H,7-8H2,1H3,(H,28,29,31)/t19-/m1/s1. The minimum Gasteiger partial charge on any atom is -0.441 e. The predicted molar refractivity (Wildman–Crippen MR) is 126 cm³/mol. The highest BCUT2D eigenvalue weighted by Gasteiger charge is 2.23. The van der Waals surface area contributed by atoms with Gasteiger partial charge in [0.25, 0.3) is 0 Å². The lowest BCUT2D eigenvalue weighted by Gasteiger charge is -2.13. The summed E-state index contributed by atoms with van der Waals surface area (Å²) in [6.07, 6.45) is 3.58. The number of rotatable bonds is 6. The summed E-state index contributed by atoms with van der Waals surface area (Å²) in [5.74, 6) is 1.21. The van der Waals surface area contributed by atoms with E-state index in [1.54, 1.807) is 10.7 Å². The third-order valence-corrected chi connectivity index (χ3v) is 5.80. The molecule has 4 aromatic rings. The number of carbonyl (C=O) groups is 1. The van der Waals surface area contributed by atoms with Crippen LogP contribution in [0.4, 0.5) is 10.6 Å². The maximum absolute atomic E-state index is 12.2. The first-order valence-corrected chi connectivity index (χ1v) is 10.9. The Morgan fingerprint density at radius 2 is 1.59 bits per heavy atom. The van der Waals surface area contributed by atoms with Gasteiger partial charge in [0.05, 0.1) is 5.69 Å². The SMILES string of the molecule is C[C@@H](OC(=O)Nc1ccn(-c2ccc(-c3ccc(C4CC4)cc3)cc2)n1)c1ccccc1. The predicted octanol–water partition coefficient (Wildman–Crippen LogP) is 6.73. The molecule has 0 aliphatic heterocycles. The van der Waals surface area contributed by atoms with Gasteiger partial charge in [-0.3, -0.25) is 5.32 Å². The first-order chi connectivity index (χ1) is 15.7. The van der Waals surface area contributed by atoms with Crippen molar-refractivity contribution in [2.75, 3.05) is 5.32 Å². The molecular formula is C27H25N3O2. The van der Waals surface area contributed by atoms with Crippen molar-refractivity contribution in [3.05, 3.63) is 102 Å². The second kappa shape index (κ2) is 8.71. The molecule has 1 fully saturated rings. The van der Waals surface area contributed by atoms with E-state index in [0.29, 0.717) is 5.82 Å². The molecule has 0 radical (unpaired) electrons. The zero-order valence-electron chi connectivity index (χ0n) is 17.9. The Labute approximate surface area is 187 Å². The molecule has 160 valence electrons. The Bertz CT molecular complexity index is 1190. The van der Waals surface area contributed by atoms with Gasteiger partial charge in [-0.2, -0.15) is 0 Å². The van der Waals surface area contributed by atoms with E-state index in [1.807, 2.05) is 55.6 Å². The molecule has 3 aromatic carbocycles. The van der Waals surface area contributed by atoms with Crippen LogP contribution in [0.2, 0.25) is 0 Å². The van der Waals surface area contributed by atoms with E-state index in [-0.39, 0.29) is 6.10 Å². The zero-order valence-corrected chi connectivity index (χ0v) is 17.9. The van der Waals surface area contributed by atoms with Crippen molar-refractivity contribution >= 4 is 11.9 Å². The Hall–Kier alpha value is -3.86. The number of nitrogens with one attached hydrogen (secondary N) is 1. The fraction of sp³-hybridized carbons (Fsp3) is 0.185. The molecule has 1 amide bonds. The fourth-order valence-electron chi connectivity index (χ4n) is 3.79. The molecule has 0 spiro atoms. The summed E-state index contributed by atoms with van der Waals surface area (Å²) in [4.78, 5) is 12.2. The average Bonchev–Trinajstić information content (AvgIpc) is 3.59. The highest BCUT2D eigenvalue weighted by atomic mass is 16.6. The molecule has 5 rings (SSSR count). The van der Waals surface area contributed by atoms with Gasteiger partial charge in [-0.05, 0) is 60.1 Å². The molecular weight excluding hydrogens is 398 g/mol. The number of aromatic nitrogens is 2. The number of ether oxygens (including phenoxy) is 1. The van der Waals surface area contributed by atoms with Crippen molar-refractivity contribution < 1.29 is 9.53 Å². The Kier molecular flexibility index (Phi) is 5.46. The topological polar surface area (TPSA) is 56.1 Å². The first-order valence-electron chi connectivity index (χ1n) is 10.9. The quantitative estimate of drug-likeness (QED) is 0.374. The van der Waals surface area contributed by atoms with Crippen LogP contribution in [0.3, 0.4) is 0 Å². The summed E-state index contributed by atoms with van der Waals surface area (Å²) >= 11 is 0. The van der Waals surface area contributed by atoms with Gasteiger partial charge >= 0.3 is 6.09 Å². The van der Waals surface area contributed by atoms with Crippen LogP contribution in [-0.2, 0) is 4.74 Å². The van der Waals surface area contributed by atoms with Gasteiger partial charge in [0, 0.05) is 12.3 Å². The molecule has 1 aliphatic rings. The highest BCUT2D eigenvalue weighted by Crippen LogP contribution is 2.40. The van der Waals surface area contributed by atoms with E-state index in [9.17, 15) is 4.79 Å². The molecule has 32 heavy (non-hydrogen) atoms. The maximum Gasteiger partial charge on any atom is 0.413 e. The molecule has 1 atom stereocenters. The van der Waals surface area contributed by atoms with Gasteiger partial charge in [0.15, 0.2) is 5.82 Å². The van der Waals surface area contributed by atoms with Gasteiger partial charge in [-0.1, -0.05) is 66.7 Å². The van der Waals surface area contributed by atoms with Crippen molar-refractivity contribution in [3.63, 3.8) is 0 Å². The molecule has 5 heteroatoms. The normalized spacial score (nSPS) is 14.0. The van der Waals surface area contributed by atoms with E-state index in [2.05, 4.69) is 46.8 Å². The molecule has 1 saturated carbocycles. The second-order valence-corrected chi connectivity index (χ2v) is 8.17. The van der Waals surface area contributed by atoms with Gasteiger partial charge in [0.1, 0.15) is 6.10 Å². The van der Waals surface area contributed by atoms with Gasteiger partial charge in [-0.25, -0.2) is 9.48 Å². The summed E-state index contributed by atoms with van der Waals surface area (Å²) < 4.78 is 7.18. The van der Waals surface area contributed by atoms with Gasteiger partial charge in [-0.15, -0.1) is 5.10 Å². The number of amides is 1. The first kappa shape index (κ1) is 20.1. The summed E-state index contributed by atoms with van der Waals surface area (Å²) in [6, 6.07) is 28.5. The average molecular weight is 424 g/mol. The largest absolute Gasteiger partial charge is 0.441 e. The lowest BCUT2D eigenvalue weighted by atomic mass is 10.0. The zero-order chi connectivity index (χ0) is 21.9. The number of carbonyl (C=O) groups excluding carboxylic acids is 1. The molecule has 1 aliphatic carbocycles. The van der Waals surface area contributed by atoms with Gasteiger partial charge in [0.2, 0.25) is 0 Å². The third kappa shape index (κ3) is 4.57. The lowest BCUT2D eigenvalue weighted by molar-refractivity contribution is 0.121. The van der Waals surface area contributed by atoms with Crippen LogP contribution in [0.1, 0.15) is 42.9 Å². The number of benzene rings is 3. The molecule has 1 N–H and O–H groups in total. The lowest BCUT2D eigenvalue weighted by Crippen LogP contribution is -2.16. The van der Waals surface area contributed by atoms with Crippen LogP contribution in [0.25, 0.3) is 16.8 Å². The van der Waals surface area contributed by atoms with Crippen LogP contribution in [-0.4, -0.2) is 15.9 Å². The van der Waals surface area contributed by atoms with Crippen molar-refractivity contribution in [2.24, 2.45) is 0 Å². The van der Waals surface area contributed by atoms with Crippen LogP contribution in [0.5, 0.6) is 0 Å². The van der Waals surface area contributed by atoms with Crippen molar-refractivity contribution in [1.82, 2.24) is 9.78 Å². The minimum absolute atomic E-state index is 0.343. The van der Waals surface area contributed by atoms with Crippen LogP contribution in [0.15, 0.2) is 91.1 Å². The summed E-state index contributed by atoms with van der Waals surface area (Å²) in [6.45, 7) is 1.84. The molecule has 0 saturated heterocycles. The summed E-state index contributed by atoms with van der Waals surface area (Å²) in [5.41, 5.74) is 5.68. The Morgan fingerprint density at radius 1 is 0.938 bits per heavy atom. The molecule has 1 heterocycles. The van der Waals surface area contributed by atoms with Crippen molar-refractivity contribution in [1.29, 1.82) is 0 Å². The number of nitrogens with zero attached hydrogens (tertiary/aromatic N) is 2. The molecule has 5 nitrogen and oxygen atoms in total. The molecule has 1 aromatic heterocycles. The number of hydrogen-bond donors (Lipinski definition) is 1. The monoisotopic (exact) mass is 423 g/mol. The van der Waals surface area contributed by atoms with Crippen molar-refractivity contribution in [2.45, 2.75) is 31.8 Å². The molecule has 0 bridgehead atoms. The fourth-order valence-corrected chi connectivity index (χ4v) is 3.79. The summed E-state index contributed by atoms with van der Waals surface area (Å²) in [5, 5.41) is 7.14.